The number of nitrogens with zero attached hydrogens (tertiary/aromatic N) is 3. The van der Waals surface area contributed by atoms with E-state index in [-0.39, 0.29) is 10.6 Å². The van der Waals surface area contributed by atoms with Crippen LogP contribution in [0.25, 0.3) is 0 Å². The minimum absolute atomic E-state index is 0.0937. The molecule has 0 bridgehead atoms. The average Bonchev–Trinajstić information content (AvgIpc) is 2.89. The molecule has 1 heterocycles. The van der Waals surface area contributed by atoms with E-state index in [1.54, 1.807) is 18.2 Å². The first kappa shape index (κ1) is 13.8. The number of rotatable bonds is 6. The van der Waals surface area contributed by atoms with Crippen LogP contribution in [0.4, 0.5) is 11.4 Å². The standard InChI is InChI=1S/C11H12N4O2S2/c1-2-6-12-8-4-3-5-9(10(8)15(16)17)18-11-13-7-14-19-11/h3-5,7,12H,2,6H2,1H3. The molecule has 0 aliphatic rings. The van der Waals surface area contributed by atoms with Gasteiger partial charge in [-0.15, -0.1) is 0 Å². The number of nitrogens with one attached hydrogen (secondary N) is 1. The van der Waals surface area contributed by atoms with Gasteiger partial charge in [-0.05, 0) is 30.1 Å². The van der Waals surface area contributed by atoms with E-state index >= 15 is 0 Å². The summed E-state index contributed by atoms with van der Waals surface area (Å²) >= 11 is 2.48. The van der Waals surface area contributed by atoms with E-state index in [9.17, 15) is 10.1 Å². The number of nitro benzene ring substituents is 1. The van der Waals surface area contributed by atoms with Crippen LogP contribution >= 0.6 is 23.3 Å². The smallest absolute Gasteiger partial charge is 0.306 e. The Kier molecular flexibility index (Phi) is 4.69. The van der Waals surface area contributed by atoms with Crippen LogP contribution in [-0.2, 0) is 0 Å². The van der Waals surface area contributed by atoms with Crippen LogP contribution in [0.5, 0.6) is 0 Å². The van der Waals surface area contributed by atoms with E-state index in [1.807, 2.05) is 6.92 Å². The summed E-state index contributed by atoms with van der Waals surface area (Å²) in [6.45, 7) is 2.71. The molecule has 0 atom stereocenters. The third kappa shape index (κ3) is 3.42. The SMILES string of the molecule is CCCNc1cccc(Sc2ncns2)c1[N+](=O)[O-]. The molecule has 6 nitrogen and oxygen atoms in total. The highest BCUT2D eigenvalue weighted by atomic mass is 32.2. The lowest BCUT2D eigenvalue weighted by Gasteiger charge is -2.08. The lowest BCUT2D eigenvalue weighted by Crippen LogP contribution is -2.03. The van der Waals surface area contributed by atoms with Crippen molar-refractivity contribution in [1.82, 2.24) is 9.36 Å². The second-order valence-electron chi connectivity index (χ2n) is 3.65. The molecule has 0 aliphatic carbocycles. The molecule has 0 saturated heterocycles. The monoisotopic (exact) mass is 296 g/mol. The second kappa shape index (κ2) is 6.48. The summed E-state index contributed by atoms with van der Waals surface area (Å²) in [6, 6.07) is 5.24. The Bertz CT molecular complexity index is 560. The molecule has 0 fully saturated rings. The normalized spacial score (nSPS) is 10.4. The lowest BCUT2D eigenvalue weighted by atomic mass is 10.2. The predicted octanol–water partition coefficient (Wildman–Crippen LogP) is 3.42. The van der Waals surface area contributed by atoms with Gasteiger partial charge in [0, 0.05) is 6.54 Å². The highest BCUT2D eigenvalue weighted by Crippen LogP contribution is 2.39. The van der Waals surface area contributed by atoms with Crippen LogP contribution in [0.3, 0.4) is 0 Å². The van der Waals surface area contributed by atoms with E-state index in [0.717, 1.165) is 6.42 Å². The highest BCUT2D eigenvalue weighted by Gasteiger charge is 2.20. The number of anilines is 1. The number of benzene rings is 1. The van der Waals surface area contributed by atoms with Crippen molar-refractivity contribution in [2.75, 3.05) is 11.9 Å². The Morgan fingerprint density at radius 3 is 3.00 bits per heavy atom. The zero-order chi connectivity index (χ0) is 13.7. The summed E-state index contributed by atoms with van der Waals surface area (Å²) in [6.07, 6.45) is 2.35. The third-order valence-electron chi connectivity index (χ3n) is 2.29. The van der Waals surface area contributed by atoms with Gasteiger partial charge in [-0.1, -0.05) is 24.8 Å². The molecular weight excluding hydrogens is 284 g/mol. The van der Waals surface area contributed by atoms with Gasteiger partial charge < -0.3 is 5.32 Å². The van der Waals surface area contributed by atoms with Crippen molar-refractivity contribution >= 4 is 34.7 Å². The van der Waals surface area contributed by atoms with E-state index in [0.29, 0.717) is 21.5 Å². The third-order valence-corrected chi connectivity index (χ3v) is 4.05. The summed E-state index contributed by atoms with van der Waals surface area (Å²) < 4.78 is 4.58. The molecule has 0 saturated carbocycles. The molecule has 2 rings (SSSR count). The molecule has 0 amide bonds. The van der Waals surface area contributed by atoms with Gasteiger partial charge in [-0.25, -0.2) is 4.98 Å². The van der Waals surface area contributed by atoms with Crippen molar-refractivity contribution < 1.29 is 4.92 Å². The van der Waals surface area contributed by atoms with Gasteiger partial charge in [-0.3, -0.25) is 10.1 Å². The summed E-state index contributed by atoms with van der Waals surface area (Å²) in [5.41, 5.74) is 0.637. The van der Waals surface area contributed by atoms with Gasteiger partial charge in [0.2, 0.25) is 0 Å². The fraction of sp³-hybridized carbons (Fsp3) is 0.273. The van der Waals surface area contributed by atoms with Gasteiger partial charge in [0.25, 0.3) is 0 Å². The Labute approximate surface area is 118 Å². The largest absolute Gasteiger partial charge is 0.379 e. The molecule has 2 aromatic rings. The molecule has 0 spiro atoms. The predicted molar refractivity (Wildman–Crippen MR) is 75.9 cm³/mol. The first-order chi connectivity index (χ1) is 9.22. The molecule has 0 radical (unpaired) electrons. The topological polar surface area (TPSA) is 81.0 Å². The van der Waals surface area contributed by atoms with Crippen molar-refractivity contribution in [1.29, 1.82) is 0 Å². The second-order valence-corrected chi connectivity index (χ2v) is 5.71. The minimum Gasteiger partial charge on any atom is -0.379 e. The summed E-state index contributed by atoms with van der Waals surface area (Å²) in [4.78, 5) is 15.5. The van der Waals surface area contributed by atoms with Crippen LogP contribution in [0.2, 0.25) is 0 Å². The van der Waals surface area contributed by atoms with E-state index < -0.39 is 0 Å². The summed E-state index contributed by atoms with van der Waals surface area (Å²) in [5.74, 6) is 0. The van der Waals surface area contributed by atoms with Crippen LogP contribution in [0.1, 0.15) is 13.3 Å². The molecule has 0 unspecified atom stereocenters. The van der Waals surface area contributed by atoms with E-state index in [2.05, 4.69) is 14.7 Å². The number of para-hydroxylation sites is 1. The van der Waals surface area contributed by atoms with Crippen LogP contribution in [0.15, 0.2) is 33.8 Å². The summed E-state index contributed by atoms with van der Waals surface area (Å²) in [7, 11) is 0. The van der Waals surface area contributed by atoms with Crippen LogP contribution in [0, 0.1) is 10.1 Å². The van der Waals surface area contributed by atoms with Crippen molar-refractivity contribution in [3.63, 3.8) is 0 Å². The molecular formula is C11H12N4O2S2. The Balaban J connectivity index is 2.33. The Morgan fingerprint density at radius 1 is 1.53 bits per heavy atom. The zero-order valence-corrected chi connectivity index (χ0v) is 11.8. The molecule has 1 N–H and O–H groups in total. The van der Waals surface area contributed by atoms with Crippen LogP contribution in [-0.4, -0.2) is 20.8 Å². The number of aromatic nitrogens is 2. The zero-order valence-electron chi connectivity index (χ0n) is 10.2. The lowest BCUT2D eigenvalue weighted by molar-refractivity contribution is -0.386. The first-order valence-electron chi connectivity index (χ1n) is 5.68. The molecule has 1 aromatic carbocycles. The minimum atomic E-state index is -0.360. The molecule has 1 aromatic heterocycles. The maximum Gasteiger partial charge on any atom is 0.306 e. The number of nitro groups is 1. The van der Waals surface area contributed by atoms with Crippen molar-refractivity contribution in [2.45, 2.75) is 22.6 Å². The quantitative estimate of drug-likeness (QED) is 0.650. The first-order valence-corrected chi connectivity index (χ1v) is 7.27. The van der Waals surface area contributed by atoms with Gasteiger partial charge in [0.15, 0.2) is 4.34 Å². The van der Waals surface area contributed by atoms with Crippen LogP contribution < -0.4 is 5.32 Å². The molecule has 19 heavy (non-hydrogen) atoms. The summed E-state index contributed by atoms with van der Waals surface area (Å²) in [5, 5.41) is 14.3. The molecule has 8 heteroatoms. The van der Waals surface area contributed by atoms with E-state index in [1.165, 1.54) is 29.6 Å². The fourth-order valence-electron chi connectivity index (χ4n) is 1.50. The maximum atomic E-state index is 11.3. The Morgan fingerprint density at radius 2 is 2.37 bits per heavy atom. The van der Waals surface area contributed by atoms with Gasteiger partial charge in [0.1, 0.15) is 12.0 Å². The molecule has 0 aliphatic heterocycles. The average molecular weight is 296 g/mol. The molecule has 100 valence electrons. The van der Waals surface area contributed by atoms with E-state index in [4.69, 9.17) is 0 Å². The maximum absolute atomic E-state index is 11.3. The number of hydrogen-bond acceptors (Lipinski definition) is 7. The van der Waals surface area contributed by atoms with Gasteiger partial charge in [-0.2, -0.15) is 4.37 Å². The van der Waals surface area contributed by atoms with Gasteiger partial charge in [0.05, 0.1) is 9.82 Å². The number of hydrogen-bond donors (Lipinski definition) is 1. The van der Waals surface area contributed by atoms with Crippen molar-refractivity contribution in [2.24, 2.45) is 0 Å². The van der Waals surface area contributed by atoms with Gasteiger partial charge >= 0.3 is 5.69 Å². The van der Waals surface area contributed by atoms with Crippen molar-refractivity contribution in [3.8, 4) is 0 Å². The Hall–Kier alpha value is -1.67. The van der Waals surface area contributed by atoms with Crippen molar-refractivity contribution in [3.05, 3.63) is 34.6 Å². The fourth-order valence-corrected chi connectivity index (χ4v) is 3.04. The highest BCUT2D eigenvalue weighted by molar-refractivity contribution is 8.01.